The van der Waals surface area contributed by atoms with Gasteiger partial charge in [0.25, 0.3) is 0 Å². The van der Waals surface area contributed by atoms with Crippen molar-refractivity contribution in [1.82, 2.24) is 9.97 Å². The molecule has 0 saturated heterocycles. The number of pyridine rings is 1. The van der Waals surface area contributed by atoms with Crippen LogP contribution in [0.4, 0.5) is 0 Å². The summed E-state index contributed by atoms with van der Waals surface area (Å²) in [7, 11) is 0. The van der Waals surface area contributed by atoms with Crippen molar-refractivity contribution in [2.45, 2.75) is 13.3 Å². The highest BCUT2D eigenvalue weighted by Crippen LogP contribution is 2.33. The van der Waals surface area contributed by atoms with Crippen molar-refractivity contribution in [2.75, 3.05) is 6.54 Å². The number of nitrogens with zero attached hydrogens (tertiary/aromatic N) is 2. The fourth-order valence-electron chi connectivity index (χ4n) is 2.13. The monoisotopic (exact) mass is 347 g/mol. The van der Waals surface area contributed by atoms with Crippen molar-refractivity contribution in [3.63, 3.8) is 0 Å². The topological polar surface area (TPSA) is 51.8 Å². The molecule has 0 amide bonds. The molecular formula is C15H14BrN3S. The zero-order valence-electron chi connectivity index (χ0n) is 11.1. The molecule has 0 aliphatic rings. The van der Waals surface area contributed by atoms with Gasteiger partial charge in [-0.1, -0.05) is 18.2 Å². The maximum Gasteiger partial charge on any atom is 0.143 e. The largest absolute Gasteiger partial charge is 0.330 e. The molecule has 0 bridgehead atoms. The minimum atomic E-state index is 0.648. The van der Waals surface area contributed by atoms with E-state index < -0.39 is 0 Å². The number of benzene rings is 1. The van der Waals surface area contributed by atoms with Crippen LogP contribution in [0.1, 0.15) is 10.6 Å². The van der Waals surface area contributed by atoms with Crippen LogP contribution in [-0.4, -0.2) is 16.5 Å². The Morgan fingerprint density at radius 3 is 2.85 bits per heavy atom. The highest BCUT2D eigenvalue weighted by Gasteiger charge is 2.13. The van der Waals surface area contributed by atoms with Gasteiger partial charge in [-0.05, 0) is 48.0 Å². The first kappa shape index (κ1) is 13.7. The van der Waals surface area contributed by atoms with Crippen molar-refractivity contribution < 1.29 is 0 Å². The van der Waals surface area contributed by atoms with Gasteiger partial charge in [-0.25, -0.2) is 9.97 Å². The number of aromatic nitrogens is 2. The molecular weight excluding hydrogens is 334 g/mol. The minimum absolute atomic E-state index is 0.648. The van der Waals surface area contributed by atoms with Gasteiger partial charge in [0.2, 0.25) is 0 Å². The van der Waals surface area contributed by atoms with E-state index in [4.69, 9.17) is 10.7 Å². The summed E-state index contributed by atoms with van der Waals surface area (Å²) in [6.07, 6.45) is 0.870. The van der Waals surface area contributed by atoms with E-state index in [-0.39, 0.29) is 0 Å². The third-order valence-corrected chi connectivity index (χ3v) is 4.97. The number of para-hydroxylation sites is 1. The third-order valence-electron chi connectivity index (χ3n) is 3.14. The number of rotatable bonds is 3. The van der Waals surface area contributed by atoms with Crippen LogP contribution in [-0.2, 0) is 6.42 Å². The lowest BCUT2D eigenvalue weighted by atomic mass is 10.2. The Morgan fingerprint density at radius 2 is 2.05 bits per heavy atom. The molecule has 3 nitrogen and oxygen atoms in total. The predicted molar refractivity (Wildman–Crippen MR) is 88.0 cm³/mol. The molecule has 0 spiro atoms. The van der Waals surface area contributed by atoms with Crippen LogP contribution in [0.15, 0.2) is 34.8 Å². The highest BCUT2D eigenvalue weighted by molar-refractivity contribution is 9.10. The summed E-state index contributed by atoms with van der Waals surface area (Å²) < 4.78 is 0.976. The van der Waals surface area contributed by atoms with Crippen molar-refractivity contribution in [3.05, 3.63) is 45.4 Å². The Bertz CT molecular complexity index is 767. The Hall–Kier alpha value is -1.30. The van der Waals surface area contributed by atoms with Gasteiger partial charge < -0.3 is 5.73 Å². The summed E-state index contributed by atoms with van der Waals surface area (Å²) >= 11 is 5.28. The van der Waals surface area contributed by atoms with E-state index in [1.54, 1.807) is 11.3 Å². The molecule has 102 valence electrons. The zero-order chi connectivity index (χ0) is 14.1. The van der Waals surface area contributed by atoms with Gasteiger partial charge in [-0.2, -0.15) is 0 Å². The molecule has 0 aliphatic carbocycles. The smallest absolute Gasteiger partial charge is 0.143 e. The second kappa shape index (κ2) is 5.60. The van der Waals surface area contributed by atoms with Crippen LogP contribution in [0.3, 0.4) is 0 Å². The Kier molecular flexibility index (Phi) is 3.83. The first-order valence-electron chi connectivity index (χ1n) is 6.41. The van der Waals surface area contributed by atoms with Gasteiger partial charge in [0, 0.05) is 14.7 Å². The van der Waals surface area contributed by atoms with E-state index in [2.05, 4.69) is 33.0 Å². The molecule has 2 heterocycles. The number of nitrogens with two attached hydrogens (primary N) is 1. The normalized spacial score (nSPS) is 11.2. The van der Waals surface area contributed by atoms with Gasteiger partial charge in [-0.3, -0.25) is 0 Å². The van der Waals surface area contributed by atoms with Crippen LogP contribution >= 0.6 is 27.3 Å². The Morgan fingerprint density at radius 1 is 1.25 bits per heavy atom. The summed E-state index contributed by atoms with van der Waals surface area (Å²) in [4.78, 5) is 10.6. The zero-order valence-corrected chi connectivity index (χ0v) is 13.5. The third kappa shape index (κ3) is 2.49. The van der Waals surface area contributed by atoms with Crippen LogP contribution < -0.4 is 5.73 Å². The molecule has 0 atom stereocenters. The predicted octanol–water partition coefficient (Wildman–Crippen LogP) is 3.93. The molecule has 1 aromatic carbocycles. The quantitative estimate of drug-likeness (QED) is 0.780. The number of thiazole rings is 1. The first-order chi connectivity index (χ1) is 9.69. The van der Waals surface area contributed by atoms with Gasteiger partial charge in [-0.15, -0.1) is 11.3 Å². The lowest BCUT2D eigenvalue weighted by Gasteiger charge is -2.03. The van der Waals surface area contributed by atoms with Gasteiger partial charge in [0.15, 0.2) is 0 Å². The second-order valence-electron chi connectivity index (χ2n) is 4.58. The SMILES string of the molecule is Cc1nc(-c2nc3ccccc3cc2Br)sc1CCN. The fourth-order valence-corrected chi connectivity index (χ4v) is 3.87. The minimum Gasteiger partial charge on any atom is -0.330 e. The molecule has 5 heteroatoms. The van der Waals surface area contributed by atoms with Crippen LogP contribution in [0.25, 0.3) is 21.6 Å². The average molecular weight is 348 g/mol. The number of hydrogen-bond donors (Lipinski definition) is 1. The van der Waals surface area contributed by atoms with Crippen LogP contribution in [0, 0.1) is 6.92 Å². The molecule has 0 fully saturated rings. The van der Waals surface area contributed by atoms with E-state index in [9.17, 15) is 0 Å². The number of fused-ring (bicyclic) bond motifs is 1. The average Bonchev–Trinajstić information content (AvgIpc) is 2.80. The summed E-state index contributed by atoms with van der Waals surface area (Å²) in [5.74, 6) is 0. The summed E-state index contributed by atoms with van der Waals surface area (Å²) in [5.41, 5.74) is 8.58. The number of aryl methyl sites for hydroxylation is 1. The van der Waals surface area contributed by atoms with Crippen LogP contribution in [0.2, 0.25) is 0 Å². The number of hydrogen-bond acceptors (Lipinski definition) is 4. The van der Waals surface area contributed by atoms with E-state index >= 15 is 0 Å². The lowest BCUT2D eigenvalue weighted by molar-refractivity contribution is 0.970. The maximum atomic E-state index is 5.64. The Labute approximate surface area is 130 Å². The molecule has 0 unspecified atom stereocenters. The standard InChI is InChI=1S/C15H14BrN3S/c1-9-13(6-7-17)20-15(18-9)14-11(16)8-10-4-2-3-5-12(10)19-14/h2-5,8H,6-7,17H2,1H3. The van der Waals surface area contributed by atoms with Crippen LogP contribution in [0.5, 0.6) is 0 Å². The molecule has 3 rings (SSSR count). The van der Waals surface area contributed by atoms with E-state index in [1.165, 1.54) is 4.88 Å². The second-order valence-corrected chi connectivity index (χ2v) is 6.52. The van der Waals surface area contributed by atoms with Gasteiger partial charge >= 0.3 is 0 Å². The maximum absolute atomic E-state index is 5.64. The lowest BCUT2D eigenvalue weighted by Crippen LogP contribution is -2.01. The molecule has 2 N–H and O–H groups in total. The molecule has 20 heavy (non-hydrogen) atoms. The summed E-state index contributed by atoms with van der Waals surface area (Å²) in [5, 5.41) is 2.07. The first-order valence-corrected chi connectivity index (χ1v) is 8.02. The van der Waals surface area contributed by atoms with Crippen molar-refractivity contribution >= 4 is 38.2 Å². The van der Waals surface area contributed by atoms with E-state index in [0.29, 0.717) is 6.54 Å². The molecule has 0 aliphatic heterocycles. The molecule has 0 radical (unpaired) electrons. The van der Waals surface area contributed by atoms with Crippen molar-refractivity contribution in [3.8, 4) is 10.7 Å². The summed E-state index contributed by atoms with van der Waals surface area (Å²) in [6.45, 7) is 2.68. The Balaban J connectivity index is 2.13. The fraction of sp³-hybridized carbons (Fsp3) is 0.200. The van der Waals surface area contributed by atoms with Gasteiger partial charge in [0.05, 0.1) is 11.2 Å². The van der Waals surface area contributed by atoms with E-state index in [0.717, 1.165) is 38.2 Å². The number of halogens is 1. The van der Waals surface area contributed by atoms with E-state index in [1.807, 2.05) is 25.1 Å². The van der Waals surface area contributed by atoms with Crippen molar-refractivity contribution in [2.24, 2.45) is 5.73 Å². The molecule has 0 saturated carbocycles. The molecule has 2 aromatic heterocycles. The highest BCUT2D eigenvalue weighted by atomic mass is 79.9. The van der Waals surface area contributed by atoms with Gasteiger partial charge in [0.1, 0.15) is 10.7 Å². The summed E-state index contributed by atoms with van der Waals surface area (Å²) in [6, 6.07) is 10.2. The van der Waals surface area contributed by atoms with Crippen molar-refractivity contribution in [1.29, 1.82) is 0 Å². The molecule has 3 aromatic rings.